The zero-order valence-electron chi connectivity index (χ0n) is 5.70. The summed E-state index contributed by atoms with van der Waals surface area (Å²) in [5, 5.41) is 0. The molecule has 0 spiro atoms. The van der Waals surface area contributed by atoms with Crippen molar-refractivity contribution in [2.45, 2.75) is 12.8 Å². The van der Waals surface area contributed by atoms with Crippen LogP contribution in [0.5, 0.6) is 0 Å². The highest BCUT2D eigenvalue weighted by molar-refractivity contribution is 7.85. The molecule has 0 heterocycles. The number of amidine groups is 1. The molecule has 11 heavy (non-hydrogen) atoms. The van der Waals surface area contributed by atoms with Crippen LogP contribution in [0.3, 0.4) is 0 Å². The van der Waals surface area contributed by atoms with Gasteiger partial charge >= 0.3 is 0 Å². The number of hydrogen-bond donors (Lipinski definition) is 2. The minimum Gasteiger partial charge on any atom is -0.386 e. The maximum Gasteiger partial charge on any atom is 0.264 e. The number of hydrogen-bond acceptors (Lipinski definition) is 3. The van der Waals surface area contributed by atoms with Gasteiger partial charge in [0, 0.05) is 18.2 Å². The summed E-state index contributed by atoms with van der Waals surface area (Å²) in [7, 11) is -3.88. The zero-order valence-corrected chi connectivity index (χ0v) is 7.27. The first-order chi connectivity index (χ1) is 4.95. The van der Waals surface area contributed by atoms with Crippen LogP contribution in [0.15, 0.2) is 4.51 Å². The van der Waals surface area contributed by atoms with Gasteiger partial charge in [0.2, 0.25) is 0 Å². The highest BCUT2D eigenvalue weighted by Crippen LogP contribution is 1.94. The van der Waals surface area contributed by atoms with Crippen LogP contribution in [0.25, 0.3) is 0 Å². The molecule has 0 amide bonds. The predicted octanol–water partition coefficient (Wildman–Crippen LogP) is 0.165. The lowest BCUT2D eigenvalue weighted by molar-refractivity contribution is 0.481. The molecule has 0 unspecified atom stereocenters. The Morgan fingerprint density at radius 2 is 2.18 bits per heavy atom. The average molecular weight is 201 g/mol. The van der Waals surface area contributed by atoms with Crippen molar-refractivity contribution in [3.8, 4) is 0 Å². The highest BCUT2D eigenvalue weighted by atomic mass is 35.5. The molecule has 0 fully saturated rings. The second-order valence-corrected chi connectivity index (χ2v) is 3.71. The lowest BCUT2D eigenvalue weighted by Gasteiger charge is -1.95. The molecular weight excluding hydrogens is 192 g/mol. The van der Waals surface area contributed by atoms with Crippen molar-refractivity contribution in [3.05, 3.63) is 0 Å². The third-order valence-corrected chi connectivity index (χ3v) is 1.97. The molecule has 0 aromatic heterocycles. The summed E-state index contributed by atoms with van der Waals surface area (Å²) in [4.78, 5) is 0. The summed E-state index contributed by atoms with van der Waals surface area (Å²) >= 11 is 4.95. The smallest absolute Gasteiger partial charge is 0.264 e. The summed E-state index contributed by atoms with van der Waals surface area (Å²) in [6.45, 7) is 0. The Hall–Kier alpha value is -0.330. The van der Waals surface area contributed by atoms with E-state index >= 15 is 0 Å². The maximum absolute atomic E-state index is 10.1. The zero-order chi connectivity index (χ0) is 8.91. The van der Waals surface area contributed by atoms with Gasteiger partial charge in [-0.3, -0.25) is 4.55 Å². The molecule has 0 radical (unpaired) electrons. The van der Waals surface area contributed by atoms with Crippen molar-refractivity contribution >= 4 is 27.7 Å². The lowest BCUT2D eigenvalue weighted by Crippen LogP contribution is -2.13. The molecule has 0 aliphatic rings. The standard InChI is InChI=1S/C4H9ClN2O3S/c5-7-4(6)2-1-3-11(8,9)10/h1-3H2,(H2,6,7)(H,8,9,10). The van der Waals surface area contributed by atoms with Gasteiger partial charge in [-0.1, -0.05) is 0 Å². The van der Waals surface area contributed by atoms with Gasteiger partial charge in [-0.05, 0) is 6.42 Å². The summed E-state index contributed by atoms with van der Waals surface area (Å²) < 4.78 is 31.6. The first-order valence-electron chi connectivity index (χ1n) is 2.84. The van der Waals surface area contributed by atoms with E-state index in [0.717, 1.165) is 0 Å². The van der Waals surface area contributed by atoms with Crippen LogP contribution in [0.2, 0.25) is 0 Å². The molecule has 5 nitrogen and oxygen atoms in total. The Morgan fingerprint density at radius 1 is 1.64 bits per heavy atom. The molecule has 0 saturated heterocycles. The Balaban J connectivity index is 3.60. The van der Waals surface area contributed by atoms with Crippen LogP contribution < -0.4 is 5.73 Å². The molecule has 0 aliphatic carbocycles. The van der Waals surface area contributed by atoms with Gasteiger partial charge in [-0.15, -0.1) is 0 Å². The Labute approximate surface area is 70.1 Å². The van der Waals surface area contributed by atoms with Crippen molar-refractivity contribution in [2.75, 3.05) is 5.75 Å². The van der Waals surface area contributed by atoms with Gasteiger partial charge in [0.05, 0.1) is 5.75 Å². The van der Waals surface area contributed by atoms with E-state index in [0.29, 0.717) is 0 Å². The summed E-state index contributed by atoms with van der Waals surface area (Å²) in [6.07, 6.45) is 0.490. The normalized spacial score (nSPS) is 13.5. The van der Waals surface area contributed by atoms with Crippen molar-refractivity contribution in [1.29, 1.82) is 0 Å². The number of nitrogens with two attached hydrogens (primary N) is 1. The largest absolute Gasteiger partial charge is 0.386 e. The van der Waals surface area contributed by atoms with E-state index in [2.05, 4.69) is 4.51 Å². The third kappa shape index (κ3) is 7.57. The molecule has 0 bridgehead atoms. The second-order valence-electron chi connectivity index (χ2n) is 1.97. The van der Waals surface area contributed by atoms with E-state index in [1.807, 2.05) is 0 Å². The van der Waals surface area contributed by atoms with Crippen molar-refractivity contribution in [2.24, 2.45) is 10.2 Å². The fourth-order valence-electron chi connectivity index (χ4n) is 0.478. The monoisotopic (exact) mass is 200 g/mol. The molecule has 3 N–H and O–H groups in total. The number of halogens is 1. The van der Waals surface area contributed by atoms with E-state index in [9.17, 15) is 8.42 Å². The Kier molecular flexibility index (Phi) is 4.39. The summed E-state index contributed by atoms with van der Waals surface area (Å²) in [5.74, 6) is -0.157. The van der Waals surface area contributed by atoms with Crippen molar-refractivity contribution < 1.29 is 13.0 Å². The first-order valence-corrected chi connectivity index (χ1v) is 4.79. The van der Waals surface area contributed by atoms with Gasteiger partial charge in [-0.25, -0.2) is 0 Å². The second kappa shape index (κ2) is 4.53. The van der Waals surface area contributed by atoms with Crippen LogP contribution >= 0.6 is 11.8 Å². The molecular formula is C4H9ClN2O3S. The molecule has 0 aromatic carbocycles. The van der Waals surface area contributed by atoms with Gasteiger partial charge in [-0.2, -0.15) is 12.9 Å². The quantitative estimate of drug-likeness (QED) is 0.384. The van der Waals surface area contributed by atoms with Gasteiger partial charge in [0.15, 0.2) is 0 Å². The molecule has 0 aromatic rings. The van der Waals surface area contributed by atoms with Crippen molar-refractivity contribution in [1.82, 2.24) is 0 Å². The number of nitrogens with zero attached hydrogens (tertiary/aromatic N) is 1. The average Bonchev–Trinajstić information content (AvgIpc) is 1.85. The Bertz CT molecular complexity index is 236. The van der Waals surface area contributed by atoms with Crippen molar-refractivity contribution in [3.63, 3.8) is 0 Å². The first kappa shape index (κ1) is 10.7. The van der Waals surface area contributed by atoms with Crippen LogP contribution in [-0.4, -0.2) is 24.6 Å². The SMILES string of the molecule is NC(CCCS(=O)(=O)O)=NCl. The fraction of sp³-hybridized carbons (Fsp3) is 0.750. The number of rotatable bonds is 4. The van der Waals surface area contributed by atoms with Gasteiger partial charge in [0.1, 0.15) is 5.84 Å². The highest BCUT2D eigenvalue weighted by Gasteiger charge is 2.03. The molecule has 0 rings (SSSR count). The minimum atomic E-state index is -3.88. The minimum absolute atomic E-state index is 0.162. The van der Waals surface area contributed by atoms with Crippen LogP contribution in [-0.2, 0) is 10.1 Å². The summed E-state index contributed by atoms with van der Waals surface area (Å²) in [6, 6.07) is 0. The van der Waals surface area contributed by atoms with Gasteiger partial charge in [0.25, 0.3) is 10.1 Å². The fourth-order valence-corrected chi connectivity index (χ4v) is 1.07. The predicted molar refractivity (Wildman–Crippen MR) is 43.1 cm³/mol. The van der Waals surface area contributed by atoms with E-state index in [1.165, 1.54) is 0 Å². The summed E-state index contributed by atoms with van der Waals surface area (Å²) in [5.41, 5.74) is 5.14. The molecule has 0 atom stereocenters. The van der Waals surface area contributed by atoms with Crippen LogP contribution in [0, 0.1) is 0 Å². The van der Waals surface area contributed by atoms with Crippen LogP contribution in [0.1, 0.15) is 12.8 Å². The van der Waals surface area contributed by atoms with E-state index in [-0.39, 0.29) is 24.4 Å². The molecule has 0 aliphatic heterocycles. The molecule has 66 valence electrons. The van der Waals surface area contributed by atoms with Crippen LogP contribution in [0.4, 0.5) is 0 Å². The third-order valence-electron chi connectivity index (χ3n) is 0.944. The lowest BCUT2D eigenvalue weighted by atomic mass is 10.3. The van der Waals surface area contributed by atoms with E-state index < -0.39 is 10.1 Å². The molecule has 0 saturated carbocycles. The van der Waals surface area contributed by atoms with E-state index in [4.69, 9.17) is 22.1 Å². The van der Waals surface area contributed by atoms with E-state index in [1.54, 1.807) is 0 Å². The maximum atomic E-state index is 10.1. The topological polar surface area (TPSA) is 92.8 Å². The van der Waals surface area contributed by atoms with Gasteiger partial charge < -0.3 is 5.73 Å². The Morgan fingerprint density at radius 3 is 2.55 bits per heavy atom. The molecule has 7 heteroatoms.